The molecular formula is C24H22FIN4O5S. The second-order valence-electron chi connectivity index (χ2n) is 7.45. The lowest BCUT2D eigenvalue weighted by molar-refractivity contribution is -0.119. The lowest BCUT2D eigenvalue weighted by Crippen LogP contribution is -2.39. The molecule has 0 spiro atoms. The molecule has 2 N–H and O–H groups in total. The van der Waals surface area contributed by atoms with Crippen LogP contribution in [0.2, 0.25) is 0 Å². The predicted molar refractivity (Wildman–Crippen MR) is 144 cm³/mol. The number of hydrazone groups is 1. The molecule has 0 radical (unpaired) electrons. The Labute approximate surface area is 221 Å². The Bertz CT molecular complexity index is 1330. The van der Waals surface area contributed by atoms with Gasteiger partial charge in [0.1, 0.15) is 18.1 Å². The number of carbonyl (C=O) groups excluding carboxylic acids is 2. The number of rotatable bonds is 10. The molecule has 3 aromatic rings. The van der Waals surface area contributed by atoms with Crippen molar-refractivity contribution in [3.63, 3.8) is 0 Å². The Morgan fingerprint density at radius 1 is 1.00 bits per heavy atom. The van der Waals surface area contributed by atoms with Crippen LogP contribution in [0.15, 0.2) is 77.9 Å². The Kier molecular flexibility index (Phi) is 9.36. The summed E-state index contributed by atoms with van der Waals surface area (Å²) < 4.78 is 44.5. The van der Waals surface area contributed by atoms with E-state index in [0.29, 0.717) is 22.7 Å². The van der Waals surface area contributed by atoms with E-state index in [1.54, 1.807) is 48.5 Å². The fourth-order valence-electron chi connectivity index (χ4n) is 2.88. The van der Waals surface area contributed by atoms with Crippen molar-refractivity contribution in [3.05, 3.63) is 87.7 Å². The monoisotopic (exact) mass is 624 g/mol. The standard InChI is InChI=1S/C24H22FIN4O5S/c1-36(33,34)30(21-10-6-19(26)7-11-21)15-23(31)29-27-14-17-2-12-22(13-3-17)35-16-24(32)28-20-8-4-18(25)5-9-20/h2-14H,15-16H2,1H3,(H,28,32)(H,29,31)/b27-14-. The van der Waals surface area contributed by atoms with E-state index in [1.165, 1.54) is 30.5 Å². The highest BCUT2D eigenvalue weighted by Crippen LogP contribution is 2.19. The normalized spacial score (nSPS) is 11.2. The average Bonchev–Trinajstić information content (AvgIpc) is 2.83. The fraction of sp³-hybridized carbons (Fsp3) is 0.125. The number of hydrogen-bond acceptors (Lipinski definition) is 6. The molecule has 9 nitrogen and oxygen atoms in total. The highest BCUT2D eigenvalue weighted by molar-refractivity contribution is 14.1. The molecular weight excluding hydrogens is 602 g/mol. The summed E-state index contributed by atoms with van der Waals surface area (Å²) in [5.74, 6) is -0.970. The number of sulfonamides is 1. The molecule has 188 valence electrons. The predicted octanol–water partition coefficient (Wildman–Crippen LogP) is 3.36. The lowest BCUT2D eigenvalue weighted by Gasteiger charge is -2.21. The first-order valence-corrected chi connectivity index (χ1v) is 13.4. The zero-order chi connectivity index (χ0) is 26.1. The fourth-order valence-corrected chi connectivity index (χ4v) is 4.10. The highest BCUT2D eigenvalue weighted by Gasteiger charge is 2.20. The van der Waals surface area contributed by atoms with E-state index >= 15 is 0 Å². The van der Waals surface area contributed by atoms with Crippen molar-refractivity contribution >= 4 is 62.0 Å². The first-order valence-electron chi connectivity index (χ1n) is 10.4. The van der Waals surface area contributed by atoms with Crippen molar-refractivity contribution < 1.29 is 27.1 Å². The Balaban J connectivity index is 1.48. The van der Waals surface area contributed by atoms with Crippen molar-refractivity contribution in [2.24, 2.45) is 5.10 Å². The second kappa shape index (κ2) is 12.4. The summed E-state index contributed by atoms with van der Waals surface area (Å²) in [4.78, 5) is 24.2. The molecule has 36 heavy (non-hydrogen) atoms. The van der Waals surface area contributed by atoms with Gasteiger partial charge in [-0.15, -0.1) is 0 Å². The number of amides is 2. The van der Waals surface area contributed by atoms with Gasteiger partial charge in [-0.2, -0.15) is 5.10 Å². The second-order valence-corrected chi connectivity index (χ2v) is 10.6. The van der Waals surface area contributed by atoms with Crippen LogP contribution in [0.5, 0.6) is 5.75 Å². The van der Waals surface area contributed by atoms with Crippen LogP contribution < -0.4 is 19.8 Å². The third-order valence-corrected chi connectivity index (χ3v) is 6.44. The van der Waals surface area contributed by atoms with Crippen LogP contribution in [-0.4, -0.2) is 45.9 Å². The van der Waals surface area contributed by atoms with Gasteiger partial charge >= 0.3 is 0 Å². The van der Waals surface area contributed by atoms with Gasteiger partial charge < -0.3 is 10.1 Å². The Morgan fingerprint density at radius 3 is 2.25 bits per heavy atom. The molecule has 0 aliphatic heterocycles. The van der Waals surface area contributed by atoms with Crippen LogP contribution in [-0.2, 0) is 19.6 Å². The number of benzene rings is 3. The van der Waals surface area contributed by atoms with Crippen molar-refractivity contribution in [1.82, 2.24) is 5.43 Å². The van der Waals surface area contributed by atoms with Crippen LogP contribution in [0, 0.1) is 9.39 Å². The first kappa shape index (κ1) is 27.1. The first-order chi connectivity index (χ1) is 17.1. The van der Waals surface area contributed by atoms with Crippen LogP contribution >= 0.6 is 22.6 Å². The smallest absolute Gasteiger partial charge is 0.262 e. The molecule has 0 aromatic heterocycles. The molecule has 0 bridgehead atoms. The van der Waals surface area contributed by atoms with E-state index in [0.717, 1.165) is 14.1 Å². The number of nitrogens with zero attached hydrogens (tertiary/aromatic N) is 2. The largest absolute Gasteiger partial charge is 0.484 e. The molecule has 0 aliphatic rings. The van der Waals surface area contributed by atoms with E-state index in [4.69, 9.17) is 4.74 Å². The molecule has 0 fully saturated rings. The van der Waals surface area contributed by atoms with Gasteiger partial charge in [0.2, 0.25) is 10.0 Å². The zero-order valence-electron chi connectivity index (χ0n) is 19.0. The summed E-state index contributed by atoms with van der Waals surface area (Å²) in [5.41, 5.74) is 3.78. The van der Waals surface area contributed by atoms with Crippen LogP contribution in [0.25, 0.3) is 0 Å². The summed E-state index contributed by atoms with van der Waals surface area (Å²) in [5, 5.41) is 6.45. The van der Waals surface area contributed by atoms with Crippen molar-refractivity contribution in [2.45, 2.75) is 0 Å². The van der Waals surface area contributed by atoms with Gasteiger partial charge in [-0.1, -0.05) is 0 Å². The van der Waals surface area contributed by atoms with E-state index in [2.05, 4.69) is 38.4 Å². The molecule has 0 atom stereocenters. The number of hydrogen-bond donors (Lipinski definition) is 2. The van der Waals surface area contributed by atoms with Gasteiger partial charge in [0.25, 0.3) is 11.8 Å². The number of ether oxygens (including phenoxy) is 1. The van der Waals surface area contributed by atoms with Crippen molar-refractivity contribution in [2.75, 3.05) is 29.0 Å². The third kappa shape index (κ3) is 8.61. The van der Waals surface area contributed by atoms with E-state index in [-0.39, 0.29) is 6.61 Å². The number of carbonyl (C=O) groups is 2. The number of anilines is 2. The highest BCUT2D eigenvalue weighted by atomic mass is 127. The molecule has 0 saturated carbocycles. The Hall–Kier alpha value is -3.52. The van der Waals surface area contributed by atoms with Gasteiger partial charge in [0.05, 0.1) is 18.2 Å². The minimum Gasteiger partial charge on any atom is -0.484 e. The summed E-state index contributed by atoms with van der Waals surface area (Å²) in [6, 6.07) is 18.7. The topological polar surface area (TPSA) is 117 Å². The van der Waals surface area contributed by atoms with Gasteiger partial charge in [-0.05, 0) is 101 Å². The minimum atomic E-state index is -3.68. The molecule has 0 unspecified atom stereocenters. The van der Waals surface area contributed by atoms with E-state index < -0.39 is 34.2 Å². The maximum absolute atomic E-state index is 12.9. The lowest BCUT2D eigenvalue weighted by atomic mass is 10.2. The molecule has 0 aliphatic carbocycles. The molecule has 2 amide bonds. The summed E-state index contributed by atoms with van der Waals surface area (Å²) in [6.07, 6.45) is 2.41. The summed E-state index contributed by atoms with van der Waals surface area (Å²) in [6.45, 7) is -0.665. The van der Waals surface area contributed by atoms with E-state index in [1.807, 2.05) is 0 Å². The van der Waals surface area contributed by atoms with Crippen LogP contribution in [0.1, 0.15) is 5.56 Å². The summed E-state index contributed by atoms with van der Waals surface area (Å²) >= 11 is 2.10. The quantitative estimate of drug-likeness (QED) is 0.204. The van der Waals surface area contributed by atoms with E-state index in [9.17, 15) is 22.4 Å². The minimum absolute atomic E-state index is 0.238. The maximum Gasteiger partial charge on any atom is 0.262 e. The average molecular weight is 624 g/mol. The molecule has 12 heteroatoms. The SMILES string of the molecule is CS(=O)(=O)N(CC(=O)N/N=C\c1ccc(OCC(=O)Nc2ccc(F)cc2)cc1)c1ccc(I)cc1. The third-order valence-electron chi connectivity index (χ3n) is 4.58. The number of nitrogens with one attached hydrogen (secondary N) is 2. The van der Waals surface area contributed by atoms with Gasteiger partial charge in [0, 0.05) is 9.26 Å². The molecule has 3 rings (SSSR count). The molecule has 3 aromatic carbocycles. The molecule has 0 saturated heterocycles. The summed E-state index contributed by atoms with van der Waals surface area (Å²) in [7, 11) is -3.68. The van der Waals surface area contributed by atoms with Gasteiger partial charge in [-0.3, -0.25) is 13.9 Å². The van der Waals surface area contributed by atoms with Crippen molar-refractivity contribution in [3.8, 4) is 5.75 Å². The maximum atomic E-state index is 12.9. The van der Waals surface area contributed by atoms with Gasteiger partial charge in [-0.25, -0.2) is 18.2 Å². The van der Waals surface area contributed by atoms with Crippen molar-refractivity contribution in [1.29, 1.82) is 0 Å². The van der Waals surface area contributed by atoms with Crippen LogP contribution in [0.3, 0.4) is 0 Å². The number of halogens is 2. The van der Waals surface area contributed by atoms with Crippen LogP contribution in [0.4, 0.5) is 15.8 Å². The van der Waals surface area contributed by atoms with Gasteiger partial charge in [0.15, 0.2) is 6.61 Å². The molecule has 0 heterocycles. The zero-order valence-corrected chi connectivity index (χ0v) is 22.0. The Morgan fingerprint density at radius 2 is 1.64 bits per heavy atom.